The molecule has 0 radical (unpaired) electrons. The zero-order chi connectivity index (χ0) is 20.6. The standard InChI is InChI=1S/C20H29ClFNO3S/c1-6-8-16(19(25)26-9-7-2)27-17-11-15(14(22)10-13(17)21)23-18(24)12-20(3,4)5/h10-11,16H,6-9,12H2,1-5H3,(H,23,24). The van der Waals surface area contributed by atoms with Crippen molar-refractivity contribution in [1.82, 2.24) is 0 Å². The van der Waals surface area contributed by atoms with Gasteiger partial charge in [-0.25, -0.2) is 4.39 Å². The van der Waals surface area contributed by atoms with E-state index in [1.807, 2.05) is 34.6 Å². The Balaban J connectivity index is 2.99. The molecule has 1 rings (SSSR count). The van der Waals surface area contributed by atoms with E-state index < -0.39 is 11.1 Å². The van der Waals surface area contributed by atoms with E-state index in [1.54, 1.807) is 0 Å². The molecule has 1 amide bonds. The van der Waals surface area contributed by atoms with Gasteiger partial charge in [0, 0.05) is 11.3 Å². The van der Waals surface area contributed by atoms with Crippen LogP contribution in [-0.2, 0) is 14.3 Å². The SMILES string of the molecule is CCCOC(=O)C(CCC)Sc1cc(NC(=O)CC(C)(C)C)c(F)cc1Cl. The minimum atomic E-state index is -0.604. The highest BCUT2D eigenvalue weighted by Gasteiger charge is 2.23. The molecule has 1 atom stereocenters. The van der Waals surface area contributed by atoms with Crippen LogP contribution in [0.2, 0.25) is 5.02 Å². The van der Waals surface area contributed by atoms with Crippen LogP contribution in [0.1, 0.15) is 60.3 Å². The summed E-state index contributed by atoms with van der Waals surface area (Å²) in [4.78, 5) is 24.9. The van der Waals surface area contributed by atoms with E-state index in [2.05, 4.69) is 5.32 Å². The van der Waals surface area contributed by atoms with Gasteiger partial charge >= 0.3 is 5.97 Å². The molecule has 7 heteroatoms. The van der Waals surface area contributed by atoms with E-state index in [4.69, 9.17) is 16.3 Å². The van der Waals surface area contributed by atoms with Crippen molar-refractivity contribution in [2.75, 3.05) is 11.9 Å². The molecule has 0 aromatic heterocycles. The Labute approximate surface area is 170 Å². The molecule has 1 N–H and O–H groups in total. The van der Waals surface area contributed by atoms with Gasteiger partial charge in [-0.2, -0.15) is 0 Å². The Hall–Kier alpha value is -1.27. The van der Waals surface area contributed by atoms with Crippen LogP contribution in [-0.4, -0.2) is 23.7 Å². The summed E-state index contributed by atoms with van der Waals surface area (Å²) in [5.74, 6) is -1.18. The topological polar surface area (TPSA) is 55.4 Å². The van der Waals surface area contributed by atoms with Crippen molar-refractivity contribution in [1.29, 1.82) is 0 Å². The Morgan fingerprint density at radius 2 is 1.93 bits per heavy atom. The molecule has 152 valence electrons. The highest BCUT2D eigenvalue weighted by atomic mass is 35.5. The lowest BCUT2D eigenvalue weighted by molar-refractivity contribution is -0.143. The number of rotatable bonds is 9. The second-order valence-electron chi connectivity index (χ2n) is 7.61. The average Bonchev–Trinajstić information content (AvgIpc) is 2.54. The third kappa shape index (κ3) is 8.52. The van der Waals surface area contributed by atoms with Gasteiger partial charge in [-0.05, 0) is 30.4 Å². The molecule has 0 aliphatic carbocycles. The maximum atomic E-state index is 14.2. The van der Waals surface area contributed by atoms with Crippen molar-refractivity contribution in [2.45, 2.75) is 70.4 Å². The summed E-state index contributed by atoms with van der Waals surface area (Å²) in [5.41, 5.74) is -0.145. The number of thioether (sulfide) groups is 1. The summed E-state index contributed by atoms with van der Waals surface area (Å²) in [6, 6.07) is 2.65. The highest BCUT2D eigenvalue weighted by Crippen LogP contribution is 2.36. The van der Waals surface area contributed by atoms with Gasteiger partial charge in [0.15, 0.2) is 0 Å². The van der Waals surface area contributed by atoms with Gasteiger partial charge in [0.1, 0.15) is 11.1 Å². The molecule has 1 unspecified atom stereocenters. The molecule has 0 saturated heterocycles. The average molecular weight is 418 g/mol. The molecular weight excluding hydrogens is 389 g/mol. The highest BCUT2D eigenvalue weighted by molar-refractivity contribution is 8.00. The predicted octanol–water partition coefficient (Wildman–Crippen LogP) is 6.07. The summed E-state index contributed by atoms with van der Waals surface area (Å²) in [5, 5.41) is 2.38. The summed E-state index contributed by atoms with van der Waals surface area (Å²) in [6.07, 6.45) is 2.43. The molecular formula is C20H29ClFNO3S. The van der Waals surface area contributed by atoms with Crippen molar-refractivity contribution in [3.63, 3.8) is 0 Å². The molecule has 0 heterocycles. The van der Waals surface area contributed by atoms with Gasteiger partial charge in [-0.3, -0.25) is 9.59 Å². The number of carbonyl (C=O) groups excluding carboxylic acids is 2. The van der Waals surface area contributed by atoms with Crippen molar-refractivity contribution in [3.05, 3.63) is 23.0 Å². The lowest BCUT2D eigenvalue weighted by atomic mass is 9.92. The van der Waals surface area contributed by atoms with Crippen LogP contribution in [0, 0.1) is 11.2 Å². The molecule has 0 bridgehead atoms. The van der Waals surface area contributed by atoms with E-state index in [9.17, 15) is 14.0 Å². The first-order valence-electron chi connectivity index (χ1n) is 9.19. The van der Waals surface area contributed by atoms with Crippen LogP contribution in [0.5, 0.6) is 0 Å². The largest absolute Gasteiger partial charge is 0.465 e. The van der Waals surface area contributed by atoms with E-state index in [0.29, 0.717) is 17.9 Å². The minimum absolute atomic E-state index is 0.0633. The zero-order valence-corrected chi connectivity index (χ0v) is 18.2. The molecule has 0 aliphatic rings. The maximum Gasteiger partial charge on any atom is 0.319 e. The number of ether oxygens (including phenoxy) is 1. The molecule has 0 saturated carbocycles. The second-order valence-corrected chi connectivity index (χ2v) is 9.26. The first-order chi connectivity index (χ1) is 12.6. The van der Waals surface area contributed by atoms with E-state index in [-0.39, 0.29) is 34.4 Å². The number of anilines is 1. The van der Waals surface area contributed by atoms with Crippen LogP contribution in [0.3, 0.4) is 0 Å². The van der Waals surface area contributed by atoms with Gasteiger partial charge in [-0.1, -0.05) is 52.6 Å². The third-order valence-corrected chi connectivity index (χ3v) is 5.25. The molecule has 4 nitrogen and oxygen atoms in total. The monoisotopic (exact) mass is 417 g/mol. The van der Waals surface area contributed by atoms with Crippen molar-refractivity contribution in [3.8, 4) is 0 Å². The van der Waals surface area contributed by atoms with Crippen LogP contribution < -0.4 is 5.32 Å². The van der Waals surface area contributed by atoms with Gasteiger partial charge in [-0.15, -0.1) is 11.8 Å². The minimum Gasteiger partial charge on any atom is -0.465 e. The van der Waals surface area contributed by atoms with Crippen molar-refractivity contribution in [2.24, 2.45) is 5.41 Å². The van der Waals surface area contributed by atoms with E-state index in [1.165, 1.54) is 17.8 Å². The Bertz CT molecular complexity index is 661. The number of halogens is 2. The lowest BCUT2D eigenvalue weighted by Crippen LogP contribution is -2.21. The van der Waals surface area contributed by atoms with Crippen molar-refractivity contribution >= 4 is 40.9 Å². The quantitative estimate of drug-likeness (QED) is 0.391. The van der Waals surface area contributed by atoms with E-state index >= 15 is 0 Å². The molecule has 0 spiro atoms. The fourth-order valence-corrected chi connectivity index (χ4v) is 3.79. The van der Waals surface area contributed by atoms with Gasteiger partial charge in [0.2, 0.25) is 5.91 Å². The summed E-state index contributed by atoms with van der Waals surface area (Å²) in [6.45, 7) is 10.1. The number of nitrogens with one attached hydrogen (secondary N) is 1. The maximum absolute atomic E-state index is 14.2. The van der Waals surface area contributed by atoms with Crippen molar-refractivity contribution < 1.29 is 18.7 Å². The number of amides is 1. The van der Waals surface area contributed by atoms with Gasteiger partial charge in [0.05, 0.1) is 17.3 Å². The van der Waals surface area contributed by atoms with Gasteiger partial charge in [0.25, 0.3) is 0 Å². The Morgan fingerprint density at radius 3 is 2.48 bits per heavy atom. The normalized spacial score (nSPS) is 12.6. The third-order valence-electron chi connectivity index (χ3n) is 3.52. The van der Waals surface area contributed by atoms with Crippen LogP contribution in [0.4, 0.5) is 10.1 Å². The molecule has 0 fully saturated rings. The number of esters is 1. The molecule has 1 aromatic rings. The summed E-state index contributed by atoms with van der Waals surface area (Å²) < 4.78 is 19.5. The molecule has 0 aliphatic heterocycles. The lowest BCUT2D eigenvalue weighted by Gasteiger charge is -2.19. The summed E-state index contributed by atoms with van der Waals surface area (Å²) in [7, 11) is 0. The second kappa shape index (κ2) is 10.9. The van der Waals surface area contributed by atoms with E-state index in [0.717, 1.165) is 18.9 Å². The molecule has 27 heavy (non-hydrogen) atoms. The predicted molar refractivity (Wildman–Crippen MR) is 110 cm³/mol. The number of hydrogen-bond donors (Lipinski definition) is 1. The van der Waals surface area contributed by atoms with Gasteiger partial charge < -0.3 is 10.1 Å². The Kier molecular flexibility index (Phi) is 9.60. The number of benzene rings is 1. The number of hydrogen-bond acceptors (Lipinski definition) is 4. The number of carbonyl (C=O) groups is 2. The van der Waals surface area contributed by atoms with Crippen LogP contribution >= 0.6 is 23.4 Å². The fourth-order valence-electron chi connectivity index (χ4n) is 2.33. The molecule has 1 aromatic carbocycles. The first-order valence-corrected chi connectivity index (χ1v) is 10.4. The fraction of sp³-hybridized carbons (Fsp3) is 0.600. The summed E-state index contributed by atoms with van der Waals surface area (Å²) >= 11 is 7.41. The van der Waals surface area contributed by atoms with Crippen LogP contribution in [0.25, 0.3) is 0 Å². The zero-order valence-electron chi connectivity index (χ0n) is 16.7. The Morgan fingerprint density at radius 1 is 1.26 bits per heavy atom. The smallest absolute Gasteiger partial charge is 0.319 e. The first kappa shape index (κ1) is 23.8. The van der Waals surface area contributed by atoms with Crippen LogP contribution in [0.15, 0.2) is 17.0 Å².